The molecule has 0 spiro atoms. The van der Waals surface area contributed by atoms with Crippen LogP contribution in [0.25, 0.3) is 0 Å². The van der Waals surface area contributed by atoms with Crippen molar-refractivity contribution in [1.29, 1.82) is 0 Å². The monoisotopic (exact) mass is 210 g/mol. The number of fused-ring (bicyclic) bond motifs is 1. The van der Waals surface area contributed by atoms with Crippen LogP contribution in [0, 0.1) is 0 Å². The Labute approximate surface area is 90.0 Å². The number of aryl methyl sites for hydroxylation is 1. The highest BCUT2D eigenvalue weighted by molar-refractivity contribution is 5.29. The van der Waals surface area contributed by atoms with E-state index in [-0.39, 0.29) is 0 Å². The topological polar surface area (TPSA) is 47.3 Å². The Morgan fingerprint density at radius 1 is 1.53 bits per heavy atom. The second kappa shape index (κ2) is 5.16. The maximum absolute atomic E-state index is 5.60. The fourth-order valence-corrected chi connectivity index (χ4v) is 1.71. The summed E-state index contributed by atoms with van der Waals surface area (Å²) in [5, 5.41) is 7.31. The minimum absolute atomic E-state index is 0.688. The molecule has 0 saturated heterocycles. The van der Waals surface area contributed by atoms with Crippen LogP contribution < -0.4 is 10.1 Å². The zero-order valence-electron chi connectivity index (χ0n) is 9.21. The van der Waals surface area contributed by atoms with Gasteiger partial charge in [-0.2, -0.15) is 0 Å². The molecule has 4 nitrogen and oxygen atoms in total. The Balaban J connectivity index is 2.01. The third-order valence-electron chi connectivity index (χ3n) is 2.63. The van der Waals surface area contributed by atoms with Crippen molar-refractivity contribution >= 4 is 0 Å². The smallest absolute Gasteiger partial charge is 0.258 e. The molecule has 4 heteroatoms. The van der Waals surface area contributed by atoms with Gasteiger partial charge in [-0.05, 0) is 24.5 Å². The molecule has 0 aromatic carbocycles. The third-order valence-corrected chi connectivity index (χ3v) is 2.63. The summed E-state index contributed by atoms with van der Waals surface area (Å²) in [6.07, 6.45) is 4.27. The van der Waals surface area contributed by atoms with E-state index in [4.69, 9.17) is 9.26 Å². The standard InChI is InChI=1S/C11H18N2O2/c1-2-3-7-14-11-9-8-12-6-4-5-10(9)15-13-11/h12H,2-8H2,1H3. The summed E-state index contributed by atoms with van der Waals surface area (Å²) in [6, 6.07) is 0. The maximum atomic E-state index is 5.60. The first kappa shape index (κ1) is 10.5. The van der Waals surface area contributed by atoms with Crippen molar-refractivity contribution in [2.75, 3.05) is 13.2 Å². The summed E-state index contributed by atoms with van der Waals surface area (Å²) >= 11 is 0. The van der Waals surface area contributed by atoms with E-state index in [1.54, 1.807) is 0 Å². The van der Waals surface area contributed by atoms with Crippen LogP contribution in [0.1, 0.15) is 37.5 Å². The molecule has 2 heterocycles. The van der Waals surface area contributed by atoms with Crippen molar-refractivity contribution in [1.82, 2.24) is 10.5 Å². The highest BCUT2D eigenvalue weighted by Crippen LogP contribution is 2.24. The molecular weight excluding hydrogens is 192 g/mol. The molecule has 0 unspecified atom stereocenters. The van der Waals surface area contributed by atoms with Gasteiger partial charge in [-0.25, -0.2) is 0 Å². The molecule has 1 aliphatic heterocycles. The Morgan fingerprint density at radius 3 is 3.33 bits per heavy atom. The average molecular weight is 210 g/mol. The number of nitrogens with one attached hydrogen (secondary N) is 1. The quantitative estimate of drug-likeness (QED) is 0.771. The molecule has 0 saturated carbocycles. The van der Waals surface area contributed by atoms with Crippen LogP contribution in [0.2, 0.25) is 0 Å². The molecule has 0 aliphatic carbocycles. The van der Waals surface area contributed by atoms with Gasteiger partial charge in [0.2, 0.25) is 0 Å². The van der Waals surface area contributed by atoms with Crippen LogP contribution in [0.15, 0.2) is 4.52 Å². The maximum Gasteiger partial charge on any atom is 0.258 e. The number of ether oxygens (including phenoxy) is 1. The van der Waals surface area contributed by atoms with Crippen molar-refractivity contribution in [3.05, 3.63) is 11.3 Å². The highest BCUT2D eigenvalue weighted by Gasteiger charge is 2.18. The first-order chi connectivity index (χ1) is 7.42. The summed E-state index contributed by atoms with van der Waals surface area (Å²) in [5.74, 6) is 1.68. The third kappa shape index (κ3) is 2.50. The average Bonchev–Trinajstić information content (AvgIpc) is 2.50. The first-order valence-electron chi connectivity index (χ1n) is 5.72. The zero-order valence-corrected chi connectivity index (χ0v) is 9.21. The van der Waals surface area contributed by atoms with Crippen LogP contribution in [0.5, 0.6) is 5.88 Å². The van der Waals surface area contributed by atoms with E-state index in [1.807, 2.05) is 0 Å². The van der Waals surface area contributed by atoms with Crippen molar-refractivity contribution in [3.8, 4) is 5.88 Å². The zero-order chi connectivity index (χ0) is 10.5. The molecule has 1 aromatic rings. The molecular formula is C11H18N2O2. The molecule has 84 valence electrons. The fourth-order valence-electron chi connectivity index (χ4n) is 1.71. The summed E-state index contributed by atoms with van der Waals surface area (Å²) in [6.45, 7) is 4.74. The van der Waals surface area contributed by atoms with Crippen LogP contribution >= 0.6 is 0 Å². The van der Waals surface area contributed by atoms with Crippen LogP contribution in [-0.2, 0) is 13.0 Å². The number of hydrogen-bond donors (Lipinski definition) is 1. The molecule has 1 aliphatic rings. The van der Waals surface area contributed by atoms with Gasteiger partial charge in [-0.3, -0.25) is 0 Å². The van der Waals surface area contributed by atoms with Gasteiger partial charge in [-0.1, -0.05) is 13.3 Å². The summed E-state index contributed by atoms with van der Waals surface area (Å²) < 4.78 is 10.9. The van der Waals surface area contributed by atoms with Gasteiger partial charge < -0.3 is 14.6 Å². The van der Waals surface area contributed by atoms with Crippen LogP contribution in [0.3, 0.4) is 0 Å². The molecule has 0 bridgehead atoms. The molecule has 0 amide bonds. The molecule has 0 fully saturated rings. The van der Waals surface area contributed by atoms with E-state index in [0.717, 1.165) is 56.7 Å². The SMILES string of the molecule is CCCCOc1noc2c1CNCCC2. The summed E-state index contributed by atoms with van der Waals surface area (Å²) in [7, 11) is 0. The largest absolute Gasteiger partial charge is 0.475 e. The van der Waals surface area contributed by atoms with Crippen LogP contribution in [-0.4, -0.2) is 18.3 Å². The molecule has 2 rings (SSSR count). The van der Waals surface area contributed by atoms with Gasteiger partial charge in [0.25, 0.3) is 5.88 Å². The van der Waals surface area contributed by atoms with Gasteiger partial charge in [0.15, 0.2) is 0 Å². The van der Waals surface area contributed by atoms with Gasteiger partial charge >= 0.3 is 0 Å². The normalized spacial score (nSPS) is 15.8. The minimum atomic E-state index is 0.688. The number of hydrogen-bond acceptors (Lipinski definition) is 4. The predicted molar refractivity (Wildman–Crippen MR) is 56.9 cm³/mol. The molecule has 0 radical (unpaired) electrons. The first-order valence-corrected chi connectivity index (χ1v) is 5.72. The lowest BCUT2D eigenvalue weighted by molar-refractivity contribution is 0.268. The summed E-state index contributed by atoms with van der Waals surface area (Å²) in [4.78, 5) is 0. The van der Waals surface area contributed by atoms with Crippen molar-refractivity contribution in [2.45, 2.75) is 39.2 Å². The molecule has 1 aromatic heterocycles. The van der Waals surface area contributed by atoms with E-state index in [9.17, 15) is 0 Å². The summed E-state index contributed by atoms with van der Waals surface area (Å²) in [5.41, 5.74) is 1.11. The Morgan fingerprint density at radius 2 is 2.47 bits per heavy atom. The minimum Gasteiger partial charge on any atom is -0.475 e. The van der Waals surface area contributed by atoms with Crippen LogP contribution in [0.4, 0.5) is 0 Å². The van der Waals surface area contributed by atoms with Gasteiger partial charge in [-0.15, -0.1) is 0 Å². The molecule has 15 heavy (non-hydrogen) atoms. The van der Waals surface area contributed by atoms with Crippen molar-refractivity contribution in [2.24, 2.45) is 0 Å². The lowest BCUT2D eigenvalue weighted by Crippen LogP contribution is -2.12. The van der Waals surface area contributed by atoms with E-state index < -0.39 is 0 Å². The Bertz CT molecular complexity index is 310. The van der Waals surface area contributed by atoms with Gasteiger partial charge in [0.05, 0.1) is 12.2 Å². The number of unbranched alkanes of at least 4 members (excludes halogenated alkanes) is 1. The Kier molecular flexibility index (Phi) is 3.61. The van der Waals surface area contributed by atoms with E-state index >= 15 is 0 Å². The highest BCUT2D eigenvalue weighted by atomic mass is 16.5. The van der Waals surface area contributed by atoms with E-state index in [1.165, 1.54) is 0 Å². The second-order valence-electron chi connectivity index (χ2n) is 3.87. The Hall–Kier alpha value is -1.03. The molecule has 1 N–H and O–H groups in total. The number of nitrogens with zero attached hydrogens (tertiary/aromatic N) is 1. The number of rotatable bonds is 4. The van der Waals surface area contributed by atoms with Gasteiger partial charge in [0.1, 0.15) is 5.76 Å². The lowest BCUT2D eigenvalue weighted by atomic mass is 10.2. The van der Waals surface area contributed by atoms with E-state index in [0.29, 0.717) is 5.88 Å². The second-order valence-corrected chi connectivity index (χ2v) is 3.87. The predicted octanol–water partition coefficient (Wildman–Crippen LogP) is 1.89. The molecule has 0 atom stereocenters. The van der Waals surface area contributed by atoms with E-state index in [2.05, 4.69) is 17.4 Å². The van der Waals surface area contributed by atoms with Crippen molar-refractivity contribution in [3.63, 3.8) is 0 Å². The number of aromatic nitrogens is 1. The van der Waals surface area contributed by atoms with Crippen molar-refractivity contribution < 1.29 is 9.26 Å². The lowest BCUT2D eigenvalue weighted by Gasteiger charge is -2.03. The van der Waals surface area contributed by atoms with Gasteiger partial charge in [0, 0.05) is 13.0 Å². The fraction of sp³-hybridized carbons (Fsp3) is 0.727.